The Bertz CT molecular complexity index is 1270. The normalized spacial score (nSPS) is 19.5. The molecule has 2 aliphatic rings. The summed E-state index contributed by atoms with van der Waals surface area (Å²) in [7, 11) is 1.49. The van der Waals surface area contributed by atoms with E-state index in [1.54, 1.807) is 42.5 Å². The minimum Gasteiger partial charge on any atom is -0.497 e. The molecule has 1 fully saturated rings. The monoisotopic (exact) mass is 533 g/mol. The van der Waals surface area contributed by atoms with Crippen LogP contribution in [0.5, 0.6) is 17.2 Å². The maximum Gasteiger partial charge on any atom is 0.200 e. The number of benzene rings is 3. The van der Waals surface area contributed by atoms with Crippen molar-refractivity contribution in [1.82, 2.24) is 4.90 Å². The van der Waals surface area contributed by atoms with Crippen LogP contribution >= 0.6 is 0 Å². The Balaban J connectivity index is 1.47. The molecule has 1 saturated heterocycles. The van der Waals surface area contributed by atoms with E-state index in [9.17, 15) is 22.0 Å². The van der Waals surface area contributed by atoms with Crippen molar-refractivity contribution < 1.29 is 36.2 Å². The van der Waals surface area contributed by atoms with Crippen LogP contribution < -0.4 is 14.2 Å². The van der Waals surface area contributed by atoms with Crippen LogP contribution in [0.25, 0.3) is 0 Å². The second-order valence-electron chi connectivity index (χ2n) is 9.60. The van der Waals surface area contributed by atoms with Crippen LogP contribution in [-0.2, 0) is 0 Å². The van der Waals surface area contributed by atoms with Crippen LogP contribution in [0.15, 0.2) is 42.5 Å². The van der Waals surface area contributed by atoms with E-state index in [4.69, 9.17) is 14.2 Å². The molecule has 0 bridgehead atoms. The van der Waals surface area contributed by atoms with Crippen LogP contribution in [0.2, 0.25) is 0 Å². The SMILES string of the molecule is COc1ccc2c(c1)OC[C@@H](c1c(F)c(F)c(F)c(F)c1F)[C@H]2c1ccc(OCCN2CCCCC2)cc1. The van der Waals surface area contributed by atoms with Gasteiger partial charge in [-0.15, -0.1) is 0 Å². The highest BCUT2D eigenvalue weighted by atomic mass is 19.2. The first-order valence-electron chi connectivity index (χ1n) is 12.7. The zero-order chi connectivity index (χ0) is 26.8. The van der Waals surface area contributed by atoms with Crippen molar-refractivity contribution in [3.63, 3.8) is 0 Å². The molecule has 2 atom stereocenters. The molecular weight excluding hydrogens is 505 g/mol. The lowest BCUT2D eigenvalue weighted by Crippen LogP contribution is -2.33. The van der Waals surface area contributed by atoms with E-state index in [1.807, 2.05) is 0 Å². The third kappa shape index (κ3) is 5.04. The summed E-state index contributed by atoms with van der Waals surface area (Å²) in [4.78, 5) is 2.36. The van der Waals surface area contributed by atoms with E-state index >= 15 is 0 Å². The summed E-state index contributed by atoms with van der Waals surface area (Å²) in [5.41, 5.74) is 0.275. The molecule has 0 spiro atoms. The number of rotatable bonds is 7. The second kappa shape index (κ2) is 11.2. The van der Waals surface area contributed by atoms with E-state index in [-0.39, 0.29) is 6.61 Å². The summed E-state index contributed by atoms with van der Waals surface area (Å²) in [5, 5.41) is 0. The van der Waals surface area contributed by atoms with Crippen molar-refractivity contribution in [3.8, 4) is 17.2 Å². The molecule has 2 heterocycles. The number of fused-ring (bicyclic) bond motifs is 1. The van der Waals surface area contributed by atoms with E-state index in [1.165, 1.54) is 26.4 Å². The lowest BCUT2D eigenvalue weighted by molar-refractivity contribution is 0.183. The van der Waals surface area contributed by atoms with Crippen molar-refractivity contribution in [2.24, 2.45) is 0 Å². The molecular formula is C29H28F5NO3. The van der Waals surface area contributed by atoms with Gasteiger partial charge in [0.2, 0.25) is 5.82 Å². The average molecular weight is 534 g/mol. The summed E-state index contributed by atoms with van der Waals surface area (Å²) < 4.78 is 88.8. The summed E-state index contributed by atoms with van der Waals surface area (Å²) >= 11 is 0. The second-order valence-corrected chi connectivity index (χ2v) is 9.60. The standard InChI is InChI=1S/C29H28F5NO3/c1-36-19-9-10-20-22(15-19)38-16-21(24-25(30)27(32)29(34)28(33)26(24)31)23(20)17-5-7-18(8-6-17)37-14-13-35-11-3-2-4-12-35/h5-10,15,21,23H,2-4,11-14,16H2,1H3/t21-,23+/m1/s1. The third-order valence-corrected chi connectivity index (χ3v) is 7.36. The van der Waals surface area contributed by atoms with Crippen molar-refractivity contribution in [1.29, 1.82) is 0 Å². The zero-order valence-corrected chi connectivity index (χ0v) is 20.9. The fraction of sp³-hybridized carbons (Fsp3) is 0.379. The number of nitrogens with zero attached hydrogens (tertiary/aromatic N) is 1. The largest absolute Gasteiger partial charge is 0.497 e. The lowest BCUT2D eigenvalue weighted by atomic mass is 9.75. The van der Waals surface area contributed by atoms with Gasteiger partial charge in [0.25, 0.3) is 0 Å². The lowest BCUT2D eigenvalue weighted by Gasteiger charge is -2.35. The first-order valence-corrected chi connectivity index (χ1v) is 12.7. The number of methoxy groups -OCH3 is 1. The fourth-order valence-electron chi connectivity index (χ4n) is 5.37. The molecule has 0 amide bonds. The van der Waals surface area contributed by atoms with Gasteiger partial charge in [-0.2, -0.15) is 0 Å². The number of ether oxygens (including phenoxy) is 3. The van der Waals surface area contributed by atoms with Gasteiger partial charge in [-0.05, 0) is 49.7 Å². The van der Waals surface area contributed by atoms with Crippen molar-refractivity contribution in [2.45, 2.75) is 31.1 Å². The average Bonchev–Trinajstić information content (AvgIpc) is 2.95. The smallest absolute Gasteiger partial charge is 0.200 e. The van der Waals surface area contributed by atoms with Gasteiger partial charge in [0.1, 0.15) is 23.9 Å². The minimum atomic E-state index is -2.19. The highest BCUT2D eigenvalue weighted by Crippen LogP contribution is 2.48. The van der Waals surface area contributed by atoms with Gasteiger partial charge < -0.3 is 14.2 Å². The summed E-state index contributed by atoms with van der Waals surface area (Å²) in [6, 6.07) is 12.0. The van der Waals surface area contributed by atoms with Gasteiger partial charge in [-0.3, -0.25) is 4.90 Å². The van der Waals surface area contributed by atoms with Crippen LogP contribution in [0.1, 0.15) is 47.8 Å². The quantitative estimate of drug-likeness (QED) is 0.196. The molecule has 0 N–H and O–H groups in total. The minimum absolute atomic E-state index is 0.294. The van der Waals surface area contributed by atoms with Crippen molar-refractivity contribution in [2.75, 3.05) is 40.0 Å². The first kappa shape index (κ1) is 26.3. The first-order chi connectivity index (χ1) is 18.4. The van der Waals surface area contributed by atoms with Gasteiger partial charge in [0.05, 0.1) is 13.7 Å². The van der Waals surface area contributed by atoms with Gasteiger partial charge in [-0.1, -0.05) is 24.6 Å². The van der Waals surface area contributed by atoms with Crippen LogP contribution in [-0.4, -0.2) is 44.9 Å². The summed E-state index contributed by atoms with van der Waals surface area (Å²) in [6.07, 6.45) is 3.64. The van der Waals surface area contributed by atoms with E-state index in [2.05, 4.69) is 4.90 Å². The Kier molecular flexibility index (Phi) is 7.74. The molecule has 0 aromatic heterocycles. The molecule has 2 aliphatic heterocycles. The molecule has 0 aliphatic carbocycles. The highest BCUT2D eigenvalue weighted by molar-refractivity contribution is 5.51. The molecule has 202 valence electrons. The van der Waals surface area contributed by atoms with Crippen LogP contribution in [0.3, 0.4) is 0 Å². The fourth-order valence-corrected chi connectivity index (χ4v) is 5.37. The molecule has 3 aromatic carbocycles. The van der Waals surface area contributed by atoms with Gasteiger partial charge in [-0.25, -0.2) is 22.0 Å². The van der Waals surface area contributed by atoms with Crippen LogP contribution in [0.4, 0.5) is 22.0 Å². The predicted molar refractivity (Wildman–Crippen MR) is 132 cm³/mol. The van der Waals surface area contributed by atoms with E-state index in [0.29, 0.717) is 35.0 Å². The Morgan fingerprint density at radius 3 is 2.11 bits per heavy atom. The summed E-state index contributed by atoms with van der Waals surface area (Å²) in [5.74, 6) is -10.2. The molecule has 9 heteroatoms. The maximum absolute atomic E-state index is 14.9. The Morgan fingerprint density at radius 2 is 1.45 bits per heavy atom. The van der Waals surface area contributed by atoms with Crippen molar-refractivity contribution in [3.05, 3.63) is 88.2 Å². The van der Waals surface area contributed by atoms with E-state index < -0.39 is 46.5 Å². The number of hydrogen-bond donors (Lipinski definition) is 0. The molecule has 0 saturated carbocycles. The van der Waals surface area contributed by atoms with Crippen LogP contribution in [0, 0.1) is 29.1 Å². The number of hydrogen-bond acceptors (Lipinski definition) is 4. The Morgan fingerprint density at radius 1 is 0.816 bits per heavy atom. The summed E-state index contributed by atoms with van der Waals surface area (Å²) in [6.45, 7) is 3.17. The van der Waals surface area contributed by atoms with E-state index in [0.717, 1.165) is 19.6 Å². The molecule has 38 heavy (non-hydrogen) atoms. The molecule has 4 nitrogen and oxygen atoms in total. The number of halogens is 5. The third-order valence-electron chi connectivity index (χ3n) is 7.36. The van der Waals surface area contributed by atoms with Gasteiger partial charge >= 0.3 is 0 Å². The maximum atomic E-state index is 14.9. The Hall–Kier alpha value is -3.33. The Labute approximate surface area is 217 Å². The number of likely N-dealkylation sites (tertiary alicyclic amines) is 1. The van der Waals surface area contributed by atoms with Gasteiger partial charge in [0.15, 0.2) is 23.3 Å². The predicted octanol–water partition coefficient (Wildman–Crippen LogP) is 6.56. The molecule has 3 aromatic rings. The van der Waals surface area contributed by atoms with Crippen molar-refractivity contribution >= 4 is 0 Å². The van der Waals surface area contributed by atoms with Gasteiger partial charge in [0, 0.05) is 35.6 Å². The molecule has 0 unspecified atom stereocenters. The number of piperidine rings is 1. The molecule has 0 radical (unpaired) electrons. The topological polar surface area (TPSA) is 30.9 Å². The highest BCUT2D eigenvalue weighted by Gasteiger charge is 2.40. The zero-order valence-electron chi connectivity index (χ0n) is 20.9. The molecule has 5 rings (SSSR count).